The summed E-state index contributed by atoms with van der Waals surface area (Å²) in [4.78, 5) is 0. The number of aliphatic hydroxyl groups excluding tert-OH is 1. The summed E-state index contributed by atoms with van der Waals surface area (Å²) < 4.78 is 10.9. The fourth-order valence-corrected chi connectivity index (χ4v) is 1.56. The third-order valence-electron chi connectivity index (χ3n) is 3.28. The van der Waals surface area contributed by atoms with Crippen LogP contribution < -0.4 is 5.32 Å². The van der Waals surface area contributed by atoms with Gasteiger partial charge in [0.15, 0.2) is 0 Å². The maximum Gasteiger partial charge on any atom is 0.0644 e. The molecule has 1 saturated carbocycles. The molecule has 0 radical (unpaired) electrons. The molecule has 0 heterocycles. The van der Waals surface area contributed by atoms with Crippen LogP contribution in [-0.2, 0) is 9.47 Å². The van der Waals surface area contributed by atoms with Gasteiger partial charge >= 0.3 is 0 Å². The first-order valence-electron chi connectivity index (χ1n) is 6.57. The van der Waals surface area contributed by atoms with Crippen molar-refractivity contribution in [2.45, 2.75) is 57.2 Å². The third-order valence-corrected chi connectivity index (χ3v) is 3.28. The summed E-state index contributed by atoms with van der Waals surface area (Å²) in [5.74, 6) is 0. The lowest BCUT2D eigenvalue weighted by Crippen LogP contribution is -2.35. The Labute approximate surface area is 105 Å². The molecule has 1 aliphatic rings. The zero-order chi connectivity index (χ0) is 12.7. The molecule has 0 aromatic heterocycles. The fraction of sp³-hybridized carbons (Fsp3) is 1.00. The number of aliphatic hydroxyl groups is 1. The van der Waals surface area contributed by atoms with Gasteiger partial charge in [-0.15, -0.1) is 0 Å². The second-order valence-electron chi connectivity index (χ2n) is 5.44. The number of nitrogens with one attached hydrogen (secondary N) is 1. The van der Waals surface area contributed by atoms with E-state index in [4.69, 9.17) is 9.47 Å². The molecule has 1 rings (SSSR count). The molecule has 1 unspecified atom stereocenters. The van der Waals surface area contributed by atoms with Crippen molar-refractivity contribution in [2.24, 2.45) is 0 Å². The van der Waals surface area contributed by atoms with Crippen LogP contribution in [0.15, 0.2) is 0 Å². The molecule has 1 atom stereocenters. The van der Waals surface area contributed by atoms with Crippen LogP contribution in [0.2, 0.25) is 0 Å². The lowest BCUT2D eigenvalue weighted by Gasteiger charge is -2.22. The molecule has 2 N–H and O–H groups in total. The second-order valence-corrected chi connectivity index (χ2v) is 5.44. The van der Waals surface area contributed by atoms with Gasteiger partial charge in [-0.05, 0) is 39.5 Å². The minimum Gasteiger partial charge on any atom is -0.395 e. The van der Waals surface area contributed by atoms with E-state index >= 15 is 0 Å². The van der Waals surface area contributed by atoms with E-state index in [1.54, 1.807) is 7.11 Å². The second kappa shape index (κ2) is 7.31. The molecule has 0 aromatic rings. The number of methoxy groups -OCH3 is 1. The van der Waals surface area contributed by atoms with E-state index in [1.807, 2.05) is 0 Å². The van der Waals surface area contributed by atoms with E-state index in [2.05, 4.69) is 19.2 Å². The monoisotopic (exact) mass is 245 g/mol. The molecule has 0 amide bonds. The first-order chi connectivity index (χ1) is 8.07. The quantitative estimate of drug-likeness (QED) is 0.570. The molecule has 1 fully saturated rings. The summed E-state index contributed by atoms with van der Waals surface area (Å²) in [7, 11) is 1.72. The summed E-state index contributed by atoms with van der Waals surface area (Å²) in [5, 5.41) is 12.6. The van der Waals surface area contributed by atoms with Crippen molar-refractivity contribution >= 4 is 0 Å². The molecule has 0 bridgehead atoms. The number of ether oxygens (including phenoxy) is 2. The van der Waals surface area contributed by atoms with Crippen molar-refractivity contribution in [3.63, 3.8) is 0 Å². The largest absolute Gasteiger partial charge is 0.395 e. The van der Waals surface area contributed by atoms with Gasteiger partial charge in [-0.25, -0.2) is 0 Å². The van der Waals surface area contributed by atoms with Crippen LogP contribution in [0.25, 0.3) is 0 Å². The van der Waals surface area contributed by atoms with Crippen LogP contribution in [0.1, 0.15) is 39.5 Å². The molecule has 4 heteroatoms. The zero-order valence-corrected chi connectivity index (χ0v) is 11.4. The van der Waals surface area contributed by atoms with E-state index in [-0.39, 0.29) is 18.2 Å². The summed E-state index contributed by atoms with van der Waals surface area (Å²) in [6, 6.07) is 0.831. The predicted molar refractivity (Wildman–Crippen MR) is 68.2 cm³/mol. The average Bonchev–Trinajstić information content (AvgIpc) is 3.11. The molecule has 17 heavy (non-hydrogen) atoms. The molecule has 0 aliphatic heterocycles. The van der Waals surface area contributed by atoms with Crippen molar-refractivity contribution in [1.29, 1.82) is 0 Å². The van der Waals surface area contributed by atoms with Crippen LogP contribution in [-0.4, -0.2) is 49.7 Å². The highest BCUT2D eigenvalue weighted by Gasteiger charge is 2.24. The lowest BCUT2D eigenvalue weighted by molar-refractivity contribution is -0.0111. The Morgan fingerprint density at radius 2 is 2.06 bits per heavy atom. The Morgan fingerprint density at radius 3 is 2.59 bits per heavy atom. The van der Waals surface area contributed by atoms with Crippen molar-refractivity contribution in [1.82, 2.24) is 5.32 Å². The molecule has 0 spiro atoms. The van der Waals surface area contributed by atoms with Gasteiger partial charge in [-0.3, -0.25) is 0 Å². The van der Waals surface area contributed by atoms with E-state index in [1.165, 1.54) is 12.8 Å². The van der Waals surface area contributed by atoms with E-state index in [0.717, 1.165) is 12.8 Å². The van der Waals surface area contributed by atoms with Gasteiger partial charge < -0.3 is 19.9 Å². The summed E-state index contributed by atoms with van der Waals surface area (Å²) in [5.41, 5.74) is -0.108. The summed E-state index contributed by atoms with van der Waals surface area (Å²) >= 11 is 0. The van der Waals surface area contributed by atoms with Gasteiger partial charge in [0.2, 0.25) is 0 Å². The molecule has 1 aliphatic carbocycles. The highest BCUT2D eigenvalue weighted by atomic mass is 16.5. The van der Waals surface area contributed by atoms with Gasteiger partial charge in [0, 0.05) is 32.4 Å². The van der Waals surface area contributed by atoms with E-state index in [0.29, 0.717) is 19.3 Å². The fourth-order valence-electron chi connectivity index (χ4n) is 1.56. The zero-order valence-electron chi connectivity index (χ0n) is 11.4. The predicted octanol–water partition coefficient (Wildman–Crippen LogP) is 1.32. The first kappa shape index (κ1) is 14.9. The standard InChI is InChI=1S/C13H27NO3/c1-13(2,16-3)7-9-17-8-6-12(10-15)14-11-4-5-11/h11-12,14-15H,4-10H2,1-3H3. The summed E-state index contributed by atoms with van der Waals surface area (Å²) in [6.45, 7) is 5.72. The highest BCUT2D eigenvalue weighted by molar-refractivity contribution is 4.84. The van der Waals surface area contributed by atoms with Gasteiger partial charge in [-0.2, -0.15) is 0 Å². The Kier molecular flexibility index (Phi) is 6.41. The lowest BCUT2D eigenvalue weighted by atomic mass is 10.1. The van der Waals surface area contributed by atoms with Gasteiger partial charge in [0.1, 0.15) is 0 Å². The van der Waals surface area contributed by atoms with Crippen LogP contribution in [0.4, 0.5) is 0 Å². The average molecular weight is 245 g/mol. The minimum atomic E-state index is -0.108. The van der Waals surface area contributed by atoms with Crippen LogP contribution in [0.3, 0.4) is 0 Å². The maximum absolute atomic E-state index is 9.19. The summed E-state index contributed by atoms with van der Waals surface area (Å²) in [6.07, 6.45) is 4.27. The SMILES string of the molecule is COC(C)(C)CCOCCC(CO)NC1CC1. The van der Waals surface area contributed by atoms with Crippen molar-refractivity contribution in [2.75, 3.05) is 26.9 Å². The molecule has 4 nitrogen and oxygen atoms in total. The van der Waals surface area contributed by atoms with Crippen molar-refractivity contribution in [3.8, 4) is 0 Å². The molecule has 0 aromatic carbocycles. The first-order valence-corrected chi connectivity index (χ1v) is 6.57. The smallest absolute Gasteiger partial charge is 0.0644 e. The Balaban J connectivity index is 1.98. The Morgan fingerprint density at radius 1 is 1.35 bits per heavy atom. The van der Waals surface area contributed by atoms with E-state index in [9.17, 15) is 5.11 Å². The van der Waals surface area contributed by atoms with Crippen LogP contribution in [0.5, 0.6) is 0 Å². The van der Waals surface area contributed by atoms with E-state index < -0.39 is 0 Å². The topological polar surface area (TPSA) is 50.7 Å². The maximum atomic E-state index is 9.19. The van der Waals surface area contributed by atoms with Crippen molar-refractivity contribution in [3.05, 3.63) is 0 Å². The van der Waals surface area contributed by atoms with Gasteiger partial charge in [0.25, 0.3) is 0 Å². The Bertz CT molecular complexity index is 205. The molecule has 0 saturated heterocycles. The highest BCUT2D eigenvalue weighted by Crippen LogP contribution is 2.19. The molecule has 102 valence electrons. The van der Waals surface area contributed by atoms with Crippen LogP contribution >= 0.6 is 0 Å². The Hall–Kier alpha value is -0.160. The van der Waals surface area contributed by atoms with Gasteiger partial charge in [0.05, 0.1) is 12.2 Å². The van der Waals surface area contributed by atoms with Gasteiger partial charge in [-0.1, -0.05) is 0 Å². The normalized spacial score (nSPS) is 18.4. The van der Waals surface area contributed by atoms with Crippen LogP contribution in [0, 0.1) is 0 Å². The molecular weight excluding hydrogens is 218 g/mol. The third kappa shape index (κ3) is 6.99. The molecular formula is C13H27NO3. The number of hydrogen-bond acceptors (Lipinski definition) is 4. The number of rotatable bonds is 10. The number of hydrogen-bond donors (Lipinski definition) is 2. The van der Waals surface area contributed by atoms with Crippen molar-refractivity contribution < 1.29 is 14.6 Å². The minimum absolute atomic E-state index is 0.108.